The van der Waals surface area contributed by atoms with Gasteiger partial charge in [-0.3, -0.25) is 0 Å². The maximum absolute atomic E-state index is 11.5. The Morgan fingerprint density at radius 3 is 2.28 bits per heavy atom. The first-order valence-corrected chi connectivity index (χ1v) is 6.83. The molecule has 2 fully saturated rings. The van der Waals surface area contributed by atoms with Gasteiger partial charge in [0.15, 0.2) is 0 Å². The summed E-state index contributed by atoms with van der Waals surface area (Å²) >= 11 is 0. The van der Waals surface area contributed by atoms with Gasteiger partial charge < -0.3 is 20.7 Å². The largest absolute Gasteiger partial charge is 0.444 e. The molecule has 0 aromatic rings. The van der Waals surface area contributed by atoms with E-state index in [9.17, 15) is 4.79 Å². The molecule has 0 bridgehead atoms. The van der Waals surface area contributed by atoms with E-state index in [0.29, 0.717) is 6.54 Å². The average molecular weight is 257 g/mol. The SMILES string of the molecule is C1CCNC1.CC(C)(C)OC(=O)N1CC[C@H](N)C1. The van der Waals surface area contributed by atoms with Crippen molar-refractivity contribution in [2.75, 3.05) is 26.2 Å². The van der Waals surface area contributed by atoms with Crippen LogP contribution in [-0.2, 0) is 4.74 Å². The van der Waals surface area contributed by atoms with Gasteiger partial charge in [0.05, 0.1) is 0 Å². The summed E-state index contributed by atoms with van der Waals surface area (Å²) < 4.78 is 5.20. The molecule has 2 saturated heterocycles. The molecule has 0 spiro atoms. The van der Waals surface area contributed by atoms with Crippen molar-refractivity contribution in [3.05, 3.63) is 0 Å². The molecule has 1 amide bonds. The lowest BCUT2D eigenvalue weighted by molar-refractivity contribution is 0.0292. The summed E-state index contributed by atoms with van der Waals surface area (Å²) in [7, 11) is 0. The lowest BCUT2D eigenvalue weighted by atomic mass is 10.2. The van der Waals surface area contributed by atoms with Crippen molar-refractivity contribution in [3.63, 3.8) is 0 Å². The molecule has 5 nitrogen and oxygen atoms in total. The van der Waals surface area contributed by atoms with Crippen molar-refractivity contribution >= 4 is 6.09 Å². The smallest absolute Gasteiger partial charge is 0.410 e. The predicted molar refractivity (Wildman–Crippen MR) is 72.5 cm³/mol. The number of rotatable bonds is 0. The Hall–Kier alpha value is -0.810. The topological polar surface area (TPSA) is 67.6 Å². The lowest BCUT2D eigenvalue weighted by Crippen LogP contribution is -2.36. The van der Waals surface area contributed by atoms with Crippen molar-refractivity contribution in [1.82, 2.24) is 10.2 Å². The fraction of sp³-hybridized carbons (Fsp3) is 0.923. The minimum absolute atomic E-state index is 0.118. The van der Waals surface area contributed by atoms with Crippen LogP contribution in [-0.4, -0.2) is 48.8 Å². The third kappa shape index (κ3) is 6.21. The molecule has 0 aliphatic carbocycles. The van der Waals surface area contributed by atoms with Gasteiger partial charge in [0.2, 0.25) is 0 Å². The van der Waals surface area contributed by atoms with Gasteiger partial charge in [-0.1, -0.05) is 0 Å². The van der Waals surface area contributed by atoms with E-state index in [-0.39, 0.29) is 12.1 Å². The van der Waals surface area contributed by atoms with Gasteiger partial charge in [-0.15, -0.1) is 0 Å². The predicted octanol–water partition coefficient (Wildman–Crippen LogP) is 1.32. The van der Waals surface area contributed by atoms with Crippen LogP contribution in [0, 0.1) is 0 Å². The number of nitrogens with zero attached hydrogens (tertiary/aromatic N) is 1. The van der Waals surface area contributed by atoms with Crippen LogP contribution in [0.3, 0.4) is 0 Å². The number of hydrogen-bond donors (Lipinski definition) is 2. The van der Waals surface area contributed by atoms with Crippen LogP contribution in [0.1, 0.15) is 40.0 Å². The number of nitrogens with one attached hydrogen (secondary N) is 1. The average Bonchev–Trinajstić information content (AvgIpc) is 2.86. The van der Waals surface area contributed by atoms with E-state index in [2.05, 4.69) is 5.32 Å². The van der Waals surface area contributed by atoms with Crippen LogP contribution < -0.4 is 11.1 Å². The normalized spacial score (nSPS) is 23.6. The first-order chi connectivity index (χ1) is 8.38. The second kappa shape index (κ2) is 6.95. The van der Waals surface area contributed by atoms with E-state index in [1.165, 1.54) is 25.9 Å². The minimum Gasteiger partial charge on any atom is -0.444 e. The molecule has 2 aliphatic rings. The Morgan fingerprint density at radius 2 is 1.94 bits per heavy atom. The molecule has 0 unspecified atom stereocenters. The second-order valence-corrected chi connectivity index (χ2v) is 5.93. The molecule has 0 aromatic carbocycles. The highest BCUT2D eigenvalue weighted by Crippen LogP contribution is 2.13. The summed E-state index contributed by atoms with van der Waals surface area (Å²) in [6.07, 6.45) is 3.40. The summed E-state index contributed by atoms with van der Waals surface area (Å²) in [4.78, 5) is 13.1. The first kappa shape index (κ1) is 15.2. The van der Waals surface area contributed by atoms with Crippen LogP contribution in [0.25, 0.3) is 0 Å². The molecule has 18 heavy (non-hydrogen) atoms. The van der Waals surface area contributed by atoms with E-state index in [1.54, 1.807) is 4.90 Å². The van der Waals surface area contributed by atoms with Gasteiger partial charge in [0.1, 0.15) is 5.60 Å². The quantitative estimate of drug-likeness (QED) is 0.687. The van der Waals surface area contributed by atoms with E-state index >= 15 is 0 Å². The molecule has 2 heterocycles. The van der Waals surface area contributed by atoms with Crippen molar-refractivity contribution in [2.24, 2.45) is 5.73 Å². The summed E-state index contributed by atoms with van der Waals surface area (Å²) in [6, 6.07) is 0.118. The fourth-order valence-electron chi connectivity index (χ4n) is 1.90. The highest BCUT2D eigenvalue weighted by molar-refractivity contribution is 5.68. The molecule has 2 rings (SSSR count). The monoisotopic (exact) mass is 257 g/mol. The number of likely N-dealkylation sites (tertiary alicyclic amines) is 1. The van der Waals surface area contributed by atoms with Gasteiger partial charge in [0.25, 0.3) is 0 Å². The zero-order valence-corrected chi connectivity index (χ0v) is 11.9. The van der Waals surface area contributed by atoms with Crippen LogP contribution in [0.2, 0.25) is 0 Å². The van der Waals surface area contributed by atoms with Crippen LogP contribution in [0.4, 0.5) is 4.79 Å². The van der Waals surface area contributed by atoms with Crippen molar-refractivity contribution in [3.8, 4) is 0 Å². The van der Waals surface area contributed by atoms with E-state index in [0.717, 1.165) is 13.0 Å². The molecule has 106 valence electrons. The third-order valence-corrected chi connectivity index (χ3v) is 2.83. The second-order valence-electron chi connectivity index (χ2n) is 5.93. The first-order valence-electron chi connectivity index (χ1n) is 6.83. The highest BCUT2D eigenvalue weighted by atomic mass is 16.6. The number of amides is 1. The van der Waals surface area contributed by atoms with Gasteiger partial charge in [-0.25, -0.2) is 4.79 Å². The maximum Gasteiger partial charge on any atom is 0.410 e. The van der Waals surface area contributed by atoms with Crippen LogP contribution >= 0.6 is 0 Å². The van der Waals surface area contributed by atoms with Gasteiger partial charge in [-0.05, 0) is 53.1 Å². The Morgan fingerprint density at radius 1 is 1.33 bits per heavy atom. The summed E-state index contributed by atoms with van der Waals surface area (Å²) in [5, 5.41) is 3.22. The number of ether oxygens (including phenoxy) is 1. The lowest BCUT2D eigenvalue weighted by Gasteiger charge is -2.24. The molecule has 0 saturated carbocycles. The molecule has 0 radical (unpaired) electrons. The van der Waals surface area contributed by atoms with Crippen molar-refractivity contribution in [1.29, 1.82) is 0 Å². The molecule has 3 N–H and O–H groups in total. The van der Waals surface area contributed by atoms with E-state index in [1.807, 2.05) is 20.8 Å². The van der Waals surface area contributed by atoms with Gasteiger partial charge in [-0.2, -0.15) is 0 Å². The fourth-order valence-corrected chi connectivity index (χ4v) is 1.90. The molecular weight excluding hydrogens is 230 g/mol. The minimum atomic E-state index is -0.413. The Kier molecular flexibility index (Phi) is 5.88. The zero-order valence-electron chi connectivity index (χ0n) is 11.9. The van der Waals surface area contributed by atoms with E-state index < -0.39 is 5.60 Å². The van der Waals surface area contributed by atoms with E-state index in [4.69, 9.17) is 10.5 Å². The number of hydrogen-bond acceptors (Lipinski definition) is 4. The summed E-state index contributed by atoms with van der Waals surface area (Å²) in [5.74, 6) is 0. The van der Waals surface area contributed by atoms with Gasteiger partial charge >= 0.3 is 6.09 Å². The molecule has 5 heteroatoms. The highest BCUT2D eigenvalue weighted by Gasteiger charge is 2.27. The maximum atomic E-state index is 11.5. The molecule has 1 atom stereocenters. The standard InChI is InChI=1S/C9H18N2O2.C4H9N/c1-9(2,3)13-8(12)11-5-4-7(10)6-11;1-2-4-5-3-1/h7H,4-6,10H2,1-3H3;5H,1-4H2/t7-;/m0./s1. The third-order valence-electron chi connectivity index (χ3n) is 2.83. The van der Waals surface area contributed by atoms with Crippen LogP contribution in [0.5, 0.6) is 0 Å². The van der Waals surface area contributed by atoms with Crippen LogP contribution in [0.15, 0.2) is 0 Å². The Bertz CT molecular complexity index is 252. The van der Waals surface area contributed by atoms with Gasteiger partial charge in [0, 0.05) is 19.1 Å². The van der Waals surface area contributed by atoms with Crippen molar-refractivity contribution in [2.45, 2.75) is 51.7 Å². The Labute approximate surface area is 110 Å². The van der Waals surface area contributed by atoms with Crippen molar-refractivity contribution < 1.29 is 9.53 Å². The molecule has 0 aromatic heterocycles. The number of carbonyl (C=O) groups excluding carboxylic acids is 1. The molecule has 2 aliphatic heterocycles. The Balaban J connectivity index is 0.000000269. The molecular formula is C13H27N3O2. The zero-order chi connectivity index (χ0) is 13.6. The number of nitrogens with two attached hydrogens (primary N) is 1. The summed E-state index contributed by atoms with van der Waals surface area (Å²) in [5.41, 5.74) is 5.26. The summed E-state index contributed by atoms with van der Waals surface area (Å²) in [6.45, 7) is 9.42. The number of carbonyl (C=O) groups is 1.